The number of carbonyl (C=O) groups excluding carboxylic acids is 1. The van der Waals surface area contributed by atoms with Crippen LogP contribution < -0.4 is 5.32 Å². The third kappa shape index (κ3) is 4.04. The second-order valence-electron chi connectivity index (χ2n) is 4.18. The Balaban J connectivity index is 2.34. The van der Waals surface area contributed by atoms with E-state index in [4.69, 9.17) is 4.42 Å². The molecule has 0 bridgehead atoms. The summed E-state index contributed by atoms with van der Waals surface area (Å²) in [7, 11) is 0. The molecule has 0 aromatic carbocycles. The van der Waals surface area contributed by atoms with Crippen LogP contribution in [-0.2, 0) is 4.79 Å². The van der Waals surface area contributed by atoms with Crippen LogP contribution in [-0.4, -0.2) is 10.9 Å². The quantitative estimate of drug-likeness (QED) is 0.755. The summed E-state index contributed by atoms with van der Waals surface area (Å²) in [5.41, 5.74) is 0.772. The van der Waals surface area contributed by atoms with Gasteiger partial charge in [0, 0.05) is 5.92 Å². The molecule has 0 saturated carbocycles. The lowest BCUT2D eigenvalue weighted by Crippen LogP contribution is -2.20. The number of aryl methyl sites for hydroxylation is 1. The fourth-order valence-electron chi connectivity index (χ4n) is 1.47. The number of unbranched alkanes of at least 4 members (excludes halogenated alkanes) is 2. The highest BCUT2D eigenvalue weighted by Gasteiger charge is 2.14. The Hall–Kier alpha value is -1.32. The predicted molar refractivity (Wildman–Crippen MR) is 63.2 cm³/mol. The van der Waals surface area contributed by atoms with Crippen LogP contribution in [0.2, 0.25) is 0 Å². The number of oxazole rings is 1. The van der Waals surface area contributed by atoms with Gasteiger partial charge in [0.1, 0.15) is 6.26 Å². The van der Waals surface area contributed by atoms with Crippen LogP contribution >= 0.6 is 0 Å². The number of nitrogens with zero attached hydrogens (tertiary/aromatic N) is 1. The van der Waals surface area contributed by atoms with Gasteiger partial charge in [0.25, 0.3) is 0 Å². The Labute approximate surface area is 96.4 Å². The number of anilines is 1. The second-order valence-corrected chi connectivity index (χ2v) is 4.18. The minimum atomic E-state index is -0.0158. The van der Waals surface area contributed by atoms with Crippen molar-refractivity contribution in [2.75, 3.05) is 5.32 Å². The van der Waals surface area contributed by atoms with Crippen molar-refractivity contribution < 1.29 is 9.21 Å². The molecular formula is C12H20N2O2. The van der Waals surface area contributed by atoms with E-state index in [1.807, 2.05) is 13.8 Å². The van der Waals surface area contributed by atoms with Crippen LogP contribution in [0.25, 0.3) is 0 Å². The van der Waals surface area contributed by atoms with Crippen molar-refractivity contribution in [2.24, 2.45) is 5.92 Å². The number of amides is 1. The van der Waals surface area contributed by atoms with Gasteiger partial charge >= 0.3 is 6.01 Å². The van der Waals surface area contributed by atoms with Gasteiger partial charge in [-0.1, -0.05) is 33.1 Å². The highest BCUT2D eigenvalue weighted by atomic mass is 16.4. The molecule has 0 radical (unpaired) electrons. The molecule has 0 aliphatic carbocycles. The summed E-state index contributed by atoms with van der Waals surface area (Å²) >= 11 is 0. The molecule has 1 N–H and O–H groups in total. The Kier molecular flexibility index (Phi) is 5.02. The number of aromatic nitrogens is 1. The monoisotopic (exact) mass is 224 g/mol. The lowest BCUT2D eigenvalue weighted by Gasteiger charge is -2.09. The maximum absolute atomic E-state index is 11.7. The maximum Gasteiger partial charge on any atom is 0.301 e. The van der Waals surface area contributed by atoms with Crippen LogP contribution in [0.5, 0.6) is 0 Å². The number of nitrogens with one attached hydrogen (secondary N) is 1. The fraction of sp³-hybridized carbons (Fsp3) is 0.667. The van der Waals surface area contributed by atoms with Gasteiger partial charge in [-0.05, 0) is 13.3 Å². The molecule has 1 heterocycles. The van der Waals surface area contributed by atoms with E-state index in [0.29, 0.717) is 6.01 Å². The SMILES string of the molecule is CCCCCC(C)C(=O)Nc1nc(C)co1. The maximum atomic E-state index is 11.7. The number of rotatable bonds is 6. The van der Waals surface area contributed by atoms with E-state index in [2.05, 4.69) is 17.2 Å². The van der Waals surface area contributed by atoms with Crippen molar-refractivity contribution in [2.45, 2.75) is 46.5 Å². The summed E-state index contributed by atoms with van der Waals surface area (Å²) in [4.78, 5) is 15.7. The minimum Gasteiger partial charge on any atom is -0.432 e. The Bertz CT molecular complexity index is 334. The summed E-state index contributed by atoms with van der Waals surface area (Å²) in [5, 5.41) is 2.67. The number of carbonyl (C=O) groups is 1. The standard InChI is InChI=1S/C12H20N2O2/c1-4-5-6-7-9(2)11(15)14-12-13-10(3)8-16-12/h8-9H,4-7H2,1-3H3,(H,13,14,15). The first-order chi connectivity index (χ1) is 7.63. The molecule has 4 nitrogen and oxygen atoms in total. The smallest absolute Gasteiger partial charge is 0.301 e. The minimum absolute atomic E-state index is 0.0127. The third-order valence-corrected chi connectivity index (χ3v) is 2.54. The van der Waals surface area contributed by atoms with Gasteiger partial charge in [0.2, 0.25) is 5.91 Å². The Morgan fingerprint density at radius 2 is 2.31 bits per heavy atom. The zero-order valence-electron chi connectivity index (χ0n) is 10.2. The lowest BCUT2D eigenvalue weighted by atomic mass is 10.0. The first kappa shape index (κ1) is 12.7. The predicted octanol–water partition coefficient (Wildman–Crippen LogP) is 3.14. The van der Waals surface area contributed by atoms with E-state index < -0.39 is 0 Å². The molecule has 0 saturated heterocycles. The largest absolute Gasteiger partial charge is 0.432 e. The summed E-state index contributed by atoms with van der Waals surface area (Å²) in [6, 6.07) is 0.296. The summed E-state index contributed by atoms with van der Waals surface area (Å²) in [6.45, 7) is 5.91. The first-order valence-corrected chi connectivity index (χ1v) is 5.86. The van der Waals surface area contributed by atoms with Crippen molar-refractivity contribution in [1.82, 2.24) is 4.98 Å². The van der Waals surface area contributed by atoms with Gasteiger partial charge < -0.3 is 4.42 Å². The molecule has 1 unspecified atom stereocenters. The molecule has 0 aliphatic rings. The van der Waals surface area contributed by atoms with Crippen LogP contribution in [0.4, 0.5) is 6.01 Å². The average Bonchev–Trinajstić information content (AvgIpc) is 2.64. The zero-order chi connectivity index (χ0) is 12.0. The van der Waals surface area contributed by atoms with E-state index in [1.165, 1.54) is 19.1 Å². The summed E-state index contributed by atoms with van der Waals surface area (Å²) in [6.07, 6.45) is 5.88. The van der Waals surface area contributed by atoms with Crippen LogP contribution in [0, 0.1) is 12.8 Å². The van der Waals surface area contributed by atoms with E-state index in [-0.39, 0.29) is 11.8 Å². The van der Waals surface area contributed by atoms with Crippen molar-refractivity contribution in [3.63, 3.8) is 0 Å². The van der Waals surface area contributed by atoms with Crippen molar-refractivity contribution in [3.8, 4) is 0 Å². The first-order valence-electron chi connectivity index (χ1n) is 5.86. The van der Waals surface area contributed by atoms with Crippen molar-refractivity contribution in [3.05, 3.63) is 12.0 Å². The van der Waals surface area contributed by atoms with E-state index in [9.17, 15) is 4.79 Å². The van der Waals surface area contributed by atoms with Gasteiger partial charge in [-0.25, -0.2) is 0 Å². The molecule has 1 rings (SSSR count). The average molecular weight is 224 g/mol. The van der Waals surface area contributed by atoms with Gasteiger partial charge in [0.15, 0.2) is 0 Å². The molecule has 1 amide bonds. The lowest BCUT2D eigenvalue weighted by molar-refractivity contribution is -0.119. The fourth-order valence-corrected chi connectivity index (χ4v) is 1.47. The summed E-state index contributed by atoms with van der Waals surface area (Å²) < 4.78 is 5.07. The number of hydrogen-bond donors (Lipinski definition) is 1. The normalized spacial score (nSPS) is 12.4. The van der Waals surface area contributed by atoms with Gasteiger partial charge in [-0.15, -0.1) is 0 Å². The third-order valence-electron chi connectivity index (χ3n) is 2.54. The van der Waals surface area contributed by atoms with Gasteiger partial charge in [-0.3, -0.25) is 10.1 Å². The number of hydrogen-bond acceptors (Lipinski definition) is 3. The molecule has 4 heteroatoms. The molecule has 1 aromatic rings. The molecule has 0 spiro atoms. The molecule has 0 fully saturated rings. The zero-order valence-corrected chi connectivity index (χ0v) is 10.2. The van der Waals surface area contributed by atoms with Gasteiger partial charge in [-0.2, -0.15) is 4.98 Å². The molecular weight excluding hydrogens is 204 g/mol. The van der Waals surface area contributed by atoms with E-state index in [0.717, 1.165) is 18.5 Å². The van der Waals surface area contributed by atoms with Crippen molar-refractivity contribution >= 4 is 11.9 Å². The topological polar surface area (TPSA) is 55.1 Å². The van der Waals surface area contributed by atoms with Crippen LogP contribution in [0.3, 0.4) is 0 Å². The highest BCUT2D eigenvalue weighted by molar-refractivity contribution is 5.90. The summed E-state index contributed by atoms with van der Waals surface area (Å²) in [5.74, 6) is -0.00305. The Morgan fingerprint density at radius 3 is 2.88 bits per heavy atom. The molecule has 90 valence electrons. The molecule has 1 atom stereocenters. The van der Waals surface area contributed by atoms with E-state index >= 15 is 0 Å². The van der Waals surface area contributed by atoms with Crippen molar-refractivity contribution in [1.29, 1.82) is 0 Å². The Morgan fingerprint density at radius 1 is 1.56 bits per heavy atom. The molecule has 16 heavy (non-hydrogen) atoms. The van der Waals surface area contributed by atoms with Gasteiger partial charge in [0.05, 0.1) is 5.69 Å². The molecule has 0 aliphatic heterocycles. The highest BCUT2D eigenvalue weighted by Crippen LogP contribution is 2.13. The van der Waals surface area contributed by atoms with Crippen LogP contribution in [0.15, 0.2) is 10.7 Å². The molecule has 1 aromatic heterocycles. The van der Waals surface area contributed by atoms with E-state index in [1.54, 1.807) is 0 Å². The van der Waals surface area contributed by atoms with Crippen LogP contribution in [0.1, 0.15) is 45.2 Å². The second kappa shape index (κ2) is 6.30.